The van der Waals surface area contributed by atoms with E-state index in [2.05, 4.69) is 16.4 Å². The Morgan fingerprint density at radius 2 is 2.15 bits per heavy atom. The van der Waals surface area contributed by atoms with Crippen LogP contribution in [0.25, 0.3) is 10.1 Å². The molecule has 6 heteroatoms. The summed E-state index contributed by atoms with van der Waals surface area (Å²) >= 11 is 8.10. The molecular formula is C14H14ClN3OS. The Bertz CT molecular complexity index is 722. The van der Waals surface area contributed by atoms with Crippen LogP contribution in [0.3, 0.4) is 0 Å². The molecular weight excluding hydrogens is 294 g/mol. The van der Waals surface area contributed by atoms with E-state index in [0.717, 1.165) is 27.4 Å². The van der Waals surface area contributed by atoms with Crippen molar-refractivity contribution in [3.63, 3.8) is 0 Å². The molecule has 0 saturated carbocycles. The van der Waals surface area contributed by atoms with E-state index in [-0.39, 0.29) is 6.61 Å². The van der Waals surface area contributed by atoms with Gasteiger partial charge >= 0.3 is 0 Å². The van der Waals surface area contributed by atoms with Crippen LogP contribution in [0.1, 0.15) is 17.0 Å². The van der Waals surface area contributed by atoms with Gasteiger partial charge in [0.25, 0.3) is 0 Å². The van der Waals surface area contributed by atoms with Crippen LogP contribution in [-0.2, 0) is 13.0 Å². The average Bonchev–Trinajstić information content (AvgIpc) is 3.03. The number of thiophene rings is 1. The molecule has 0 radical (unpaired) electrons. The normalized spacial score (nSPS) is 11.3. The molecule has 0 amide bonds. The summed E-state index contributed by atoms with van der Waals surface area (Å²) in [5.74, 6) is 0. The summed E-state index contributed by atoms with van der Waals surface area (Å²) in [6, 6.07) is 8.11. The molecule has 0 saturated heterocycles. The van der Waals surface area contributed by atoms with Gasteiger partial charge in [0.15, 0.2) is 0 Å². The van der Waals surface area contributed by atoms with Gasteiger partial charge in [-0.25, -0.2) is 4.68 Å². The minimum atomic E-state index is 0.176. The summed E-state index contributed by atoms with van der Waals surface area (Å²) in [5.41, 5.74) is 0.899. The molecule has 2 heterocycles. The summed E-state index contributed by atoms with van der Waals surface area (Å²) in [5, 5.41) is 18.9. The molecule has 104 valence electrons. The maximum absolute atomic E-state index is 8.82. The number of halogens is 1. The zero-order chi connectivity index (χ0) is 13.9. The molecule has 20 heavy (non-hydrogen) atoms. The van der Waals surface area contributed by atoms with E-state index in [9.17, 15) is 0 Å². The van der Waals surface area contributed by atoms with Gasteiger partial charge in [-0.2, -0.15) is 0 Å². The highest BCUT2D eigenvalue weighted by atomic mass is 35.5. The molecule has 0 spiro atoms. The molecule has 0 atom stereocenters. The second-order valence-electron chi connectivity index (χ2n) is 4.57. The zero-order valence-electron chi connectivity index (χ0n) is 10.8. The van der Waals surface area contributed by atoms with Gasteiger partial charge in [-0.15, -0.1) is 16.4 Å². The Hall–Kier alpha value is -1.43. The standard InChI is InChI=1S/C14H14ClN3OS/c15-14-11-5-1-2-6-12(11)20-13(14)9-18-8-10(16-17-18)4-3-7-19/h1-2,5-6,8,19H,3-4,7,9H2. The van der Waals surface area contributed by atoms with Gasteiger partial charge in [-0.05, 0) is 18.9 Å². The van der Waals surface area contributed by atoms with Crippen molar-refractivity contribution in [2.45, 2.75) is 19.4 Å². The van der Waals surface area contributed by atoms with Gasteiger partial charge in [0.2, 0.25) is 0 Å². The quantitative estimate of drug-likeness (QED) is 0.788. The van der Waals surface area contributed by atoms with E-state index < -0.39 is 0 Å². The van der Waals surface area contributed by atoms with Gasteiger partial charge in [-0.1, -0.05) is 35.0 Å². The highest BCUT2D eigenvalue weighted by Crippen LogP contribution is 2.35. The molecule has 0 bridgehead atoms. The third kappa shape index (κ3) is 2.70. The molecule has 3 aromatic rings. The van der Waals surface area contributed by atoms with Gasteiger partial charge < -0.3 is 5.11 Å². The van der Waals surface area contributed by atoms with Crippen LogP contribution in [0.5, 0.6) is 0 Å². The first kappa shape index (κ1) is 13.5. The smallest absolute Gasteiger partial charge is 0.0828 e. The number of fused-ring (bicyclic) bond motifs is 1. The summed E-state index contributed by atoms with van der Waals surface area (Å²) in [6.45, 7) is 0.805. The number of aryl methyl sites for hydroxylation is 1. The van der Waals surface area contributed by atoms with Crippen molar-refractivity contribution in [3.05, 3.63) is 46.1 Å². The molecule has 4 nitrogen and oxygen atoms in total. The lowest BCUT2D eigenvalue weighted by molar-refractivity contribution is 0.288. The molecule has 1 aromatic carbocycles. The number of aliphatic hydroxyl groups excluding tert-OH is 1. The summed E-state index contributed by atoms with van der Waals surface area (Å²) in [6.07, 6.45) is 3.37. The summed E-state index contributed by atoms with van der Waals surface area (Å²) in [4.78, 5) is 1.09. The average molecular weight is 308 g/mol. The van der Waals surface area contributed by atoms with E-state index in [1.165, 1.54) is 4.70 Å². The Morgan fingerprint density at radius 1 is 1.30 bits per heavy atom. The first-order valence-corrected chi connectivity index (χ1v) is 7.63. The number of aliphatic hydroxyl groups is 1. The predicted octanol–water partition coefficient (Wildman–Crippen LogP) is 3.12. The Labute approximate surface area is 125 Å². The Kier molecular flexibility index (Phi) is 4.00. The molecule has 0 unspecified atom stereocenters. The van der Waals surface area contributed by atoms with E-state index in [1.54, 1.807) is 16.0 Å². The second-order valence-corrected chi connectivity index (χ2v) is 6.08. The fourth-order valence-electron chi connectivity index (χ4n) is 2.10. The molecule has 0 fully saturated rings. The van der Waals surface area contributed by atoms with Crippen molar-refractivity contribution < 1.29 is 5.11 Å². The van der Waals surface area contributed by atoms with Crippen molar-refractivity contribution in [1.29, 1.82) is 0 Å². The number of aromatic nitrogens is 3. The van der Waals surface area contributed by atoms with E-state index in [4.69, 9.17) is 16.7 Å². The topological polar surface area (TPSA) is 50.9 Å². The van der Waals surface area contributed by atoms with E-state index >= 15 is 0 Å². The van der Waals surface area contributed by atoms with E-state index in [0.29, 0.717) is 13.0 Å². The van der Waals surface area contributed by atoms with Crippen LogP contribution in [0, 0.1) is 0 Å². The third-order valence-corrected chi connectivity index (χ3v) is 4.78. The number of hydrogen-bond donors (Lipinski definition) is 1. The second kappa shape index (κ2) is 5.91. The van der Waals surface area contributed by atoms with Crippen LogP contribution in [0.4, 0.5) is 0 Å². The lowest BCUT2D eigenvalue weighted by Gasteiger charge is -1.97. The largest absolute Gasteiger partial charge is 0.396 e. The first-order chi connectivity index (χ1) is 9.78. The lowest BCUT2D eigenvalue weighted by atomic mass is 10.2. The number of benzene rings is 1. The highest BCUT2D eigenvalue weighted by Gasteiger charge is 2.11. The van der Waals surface area contributed by atoms with Gasteiger partial charge in [-0.3, -0.25) is 0 Å². The van der Waals surface area contributed by atoms with Crippen molar-refractivity contribution in [3.8, 4) is 0 Å². The van der Waals surface area contributed by atoms with Crippen LogP contribution in [0.15, 0.2) is 30.5 Å². The minimum absolute atomic E-state index is 0.176. The Balaban J connectivity index is 1.82. The Morgan fingerprint density at radius 3 is 2.95 bits per heavy atom. The maximum atomic E-state index is 8.82. The molecule has 1 N–H and O–H groups in total. The monoisotopic (exact) mass is 307 g/mol. The molecule has 0 aliphatic carbocycles. The lowest BCUT2D eigenvalue weighted by Crippen LogP contribution is -1.98. The van der Waals surface area contributed by atoms with Crippen molar-refractivity contribution in [2.24, 2.45) is 0 Å². The fraction of sp³-hybridized carbons (Fsp3) is 0.286. The maximum Gasteiger partial charge on any atom is 0.0828 e. The van der Waals surface area contributed by atoms with Crippen molar-refractivity contribution in [2.75, 3.05) is 6.61 Å². The summed E-state index contributed by atoms with van der Waals surface area (Å²) in [7, 11) is 0. The highest BCUT2D eigenvalue weighted by molar-refractivity contribution is 7.19. The molecule has 0 aliphatic heterocycles. The van der Waals surface area contributed by atoms with Crippen LogP contribution in [-0.4, -0.2) is 26.7 Å². The van der Waals surface area contributed by atoms with Gasteiger partial charge in [0.1, 0.15) is 0 Å². The van der Waals surface area contributed by atoms with Gasteiger partial charge in [0, 0.05) is 27.8 Å². The van der Waals surface area contributed by atoms with Crippen LogP contribution in [0.2, 0.25) is 5.02 Å². The van der Waals surface area contributed by atoms with Crippen molar-refractivity contribution in [1.82, 2.24) is 15.0 Å². The molecule has 2 aromatic heterocycles. The van der Waals surface area contributed by atoms with Crippen molar-refractivity contribution >= 4 is 33.0 Å². The van der Waals surface area contributed by atoms with Gasteiger partial charge in [0.05, 0.1) is 17.3 Å². The predicted molar refractivity (Wildman–Crippen MR) is 81.4 cm³/mol. The van der Waals surface area contributed by atoms with Crippen LogP contribution < -0.4 is 0 Å². The summed E-state index contributed by atoms with van der Waals surface area (Å²) < 4.78 is 2.98. The molecule has 3 rings (SSSR count). The number of rotatable bonds is 5. The van der Waals surface area contributed by atoms with E-state index in [1.807, 2.05) is 24.4 Å². The first-order valence-electron chi connectivity index (χ1n) is 6.43. The minimum Gasteiger partial charge on any atom is -0.396 e. The fourth-order valence-corrected chi connectivity index (χ4v) is 3.59. The van der Waals surface area contributed by atoms with Crippen LogP contribution >= 0.6 is 22.9 Å². The zero-order valence-corrected chi connectivity index (χ0v) is 12.4. The third-order valence-electron chi connectivity index (χ3n) is 3.08. The molecule has 0 aliphatic rings. The SMILES string of the molecule is OCCCc1cn(Cc2sc3ccccc3c2Cl)nn1. The number of nitrogens with zero attached hydrogens (tertiary/aromatic N) is 3. The number of hydrogen-bond acceptors (Lipinski definition) is 4.